The second-order valence-electron chi connectivity index (χ2n) is 7.32. The molecule has 0 aliphatic carbocycles. The van der Waals surface area contributed by atoms with Crippen LogP contribution in [0.25, 0.3) is 11.3 Å². The largest absolute Gasteiger partial charge is 0.497 e. The molecule has 3 aromatic rings. The second kappa shape index (κ2) is 8.82. The summed E-state index contributed by atoms with van der Waals surface area (Å²) in [6.07, 6.45) is 2.82. The number of nitrogens with one attached hydrogen (secondary N) is 2. The number of hydrogen-bond acceptors (Lipinski definition) is 4. The van der Waals surface area contributed by atoms with Gasteiger partial charge in [-0.15, -0.1) is 0 Å². The van der Waals surface area contributed by atoms with E-state index in [1.165, 1.54) is 0 Å². The molecule has 30 heavy (non-hydrogen) atoms. The first-order chi connectivity index (χ1) is 14.6. The Balaban J connectivity index is 1.64. The molecule has 0 saturated carbocycles. The molecule has 2 amide bonds. The molecular formula is C23H24N4O3. The van der Waals surface area contributed by atoms with Gasteiger partial charge in [0, 0.05) is 30.8 Å². The molecule has 154 valence electrons. The average Bonchev–Trinajstić information content (AvgIpc) is 3.20. The lowest BCUT2D eigenvalue weighted by molar-refractivity contribution is -0.122. The lowest BCUT2D eigenvalue weighted by Crippen LogP contribution is -2.47. The standard InChI is InChI=1S/C23H24N4O3/c1-30-19-9-5-8-17(12-19)22-20(23(29)25-18-10-11-21(28)24-13-18)15-27(26-22)14-16-6-3-2-4-7-16/h2-9,12,15,18H,10-11,13-14H2,1H3,(H,24,28)(H,25,29). The third-order valence-corrected chi connectivity index (χ3v) is 5.14. The zero-order chi connectivity index (χ0) is 20.9. The van der Waals surface area contributed by atoms with Gasteiger partial charge in [-0.3, -0.25) is 14.3 Å². The molecule has 1 aromatic heterocycles. The van der Waals surface area contributed by atoms with E-state index in [1.807, 2.05) is 54.6 Å². The van der Waals surface area contributed by atoms with Crippen LogP contribution in [0.1, 0.15) is 28.8 Å². The van der Waals surface area contributed by atoms with Crippen molar-refractivity contribution in [3.8, 4) is 17.0 Å². The smallest absolute Gasteiger partial charge is 0.255 e. The van der Waals surface area contributed by atoms with Gasteiger partial charge >= 0.3 is 0 Å². The van der Waals surface area contributed by atoms with E-state index in [-0.39, 0.29) is 17.9 Å². The predicted molar refractivity (Wildman–Crippen MR) is 113 cm³/mol. The fraction of sp³-hybridized carbons (Fsp3) is 0.261. The van der Waals surface area contributed by atoms with E-state index in [2.05, 4.69) is 10.6 Å². The van der Waals surface area contributed by atoms with Crippen molar-refractivity contribution < 1.29 is 14.3 Å². The molecule has 1 saturated heterocycles. The highest BCUT2D eigenvalue weighted by molar-refractivity contribution is 6.00. The van der Waals surface area contributed by atoms with Crippen LogP contribution < -0.4 is 15.4 Å². The van der Waals surface area contributed by atoms with Crippen LogP contribution >= 0.6 is 0 Å². The van der Waals surface area contributed by atoms with Crippen LogP contribution in [0.3, 0.4) is 0 Å². The lowest BCUT2D eigenvalue weighted by atomic mass is 10.0. The topological polar surface area (TPSA) is 85.2 Å². The first-order valence-corrected chi connectivity index (χ1v) is 9.96. The van der Waals surface area contributed by atoms with Crippen LogP contribution in [0.15, 0.2) is 60.8 Å². The predicted octanol–water partition coefficient (Wildman–Crippen LogP) is 2.62. The molecular weight excluding hydrogens is 380 g/mol. The van der Waals surface area contributed by atoms with Crippen molar-refractivity contribution in [2.45, 2.75) is 25.4 Å². The van der Waals surface area contributed by atoms with Crippen LogP contribution in [0.5, 0.6) is 5.75 Å². The van der Waals surface area contributed by atoms with Crippen molar-refractivity contribution >= 4 is 11.8 Å². The van der Waals surface area contributed by atoms with Crippen LogP contribution in [0, 0.1) is 0 Å². The summed E-state index contributed by atoms with van der Waals surface area (Å²) in [5.41, 5.74) is 3.00. The van der Waals surface area contributed by atoms with E-state index >= 15 is 0 Å². The van der Waals surface area contributed by atoms with Crippen LogP contribution in [0.4, 0.5) is 0 Å². The Hall–Kier alpha value is -3.61. The van der Waals surface area contributed by atoms with Crippen molar-refractivity contribution in [3.63, 3.8) is 0 Å². The Morgan fingerprint density at radius 2 is 2.07 bits per heavy atom. The number of aromatic nitrogens is 2. The van der Waals surface area contributed by atoms with Gasteiger partial charge in [-0.2, -0.15) is 5.10 Å². The molecule has 4 rings (SSSR count). The highest BCUT2D eigenvalue weighted by Gasteiger charge is 2.24. The SMILES string of the molecule is COc1cccc(-c2nn(Cc3ccccc3)cc2C(=O)NC2CCC(=O)NC2)c1. The van der Waals surface area contributed by atoms with Crippen molar-refractivity contribution in [3.05, 3.63) is 71.9 Å². The monoisotopic (exact) mass is 404 g/mol. The van der Waals surface area contributed by atoms with Gasteiger partial charge in [0.05, 0.1) is 19.2 Å². The van der Waals surface area contributed by atoms with Crippen LogP contribution in [-0.4, -0.2) is 41.3 Å². The van der Waals surface area contributed by atoms with E-state index in [9.17, 15) is 9.59 Å². The molecule has 1 aliphatic rings. The molecule has 1 unspecified atom stereocenters. The quantitative estimate of drug-likeness (QED) is 0.661. The van der Waals surface area contributed by atoms with Crippen molar-refractivity contribution in [1.82, 2.24) is 20.4 Å². The zero-order valence-corrected chi connectivity index (χ0v) is 16.8. The van der Waals surface area contributed by atoms with Crippen molar-refractivity contribution in [2.75, 3.05) is 13.7 Å². The number of hydrogen-bond donors (Lipinski definition) is 2. The Morgan fingerprint density at radius 3 is 2.80 bits per heavy atom. The first-order valence-electron chi connectivity index (χ1n) is 9.96. The average molecular weight is 404 g/mol. The Morgan fingerprint density at radius 1 is 1.23 bits per heavy atom. The van der Waals surface area contributed by atoms with Crippen LogP contribution in [0.2, 0.25) is 0 Å². The third kappa shape index (κ3) is 4.51. The summed E-state index contributed by atoms with van der Waals surface area (Å²) in [6, 6.07) is 17.4. The number of amides is 2. The van der Waals surface area contributed by atoms with Gasteiger partial charge in [0.25, 0.3) is 5.91 Å². The minimum atomic E-state index is -0.201. The molecule has 2 aromatic carbocycles. The van der Waals surface area contributed by atoms with Gasteiger partial charge in [0.2, 0.25) is 5.91 Å². The highest BCUT2D eigenvalue weighted by atomic mass is 16.5. The number of nitrogens with zero attached hydrogens (tertiary/aromatic N) is 2. The molecule has 1 aliphatic heterocycles. The number of rotatable bonds is 6. The number of piperidine rings is 1. The molecule has 1 atom stereocenters. The van der Waals surface area contributed by atoms with E-state index in [4.69, 9.17) is 9.84 Å². The number of carbonyl (C=O) groups is 2. The highest BCUT2D eigenvalue weighted by Crippen LogP contribution is 2.26. The summed E-state index contributed by atoms with van der Waals surface area (Å²) in [7, 11) is 1.61. The molecule has 2 N–H and O–H groups in total. The van der Waals surface area contributed by atoms with Gasteiger partial charge in [-0.05, 0) is 24.1 Å². The maximum atomic E-state index is 13.1. The fourth-order valence-corrected chi connectivity index (χ4v) is 3.54. The first kappa shape index (κ1) is 19.7. The molecule has 0 bridgehead atoms. The number of methoxy groups -OCH3 is 1. The molecule has 0 spiro atoms. The maximum absolute atomic E-state index is 13.1. The van der Waals surface area contributed by atoms with E-state index in [1.54, 1.807) is 18.0 Å². The minimum absolute atomic E-state index is 0.0215. The second-order valence-corrected chi connectivity index (χ2v) is 7.32. The zero-order valence-electron chi connectivity index (χ0n) is 16.8. The molecule has 7 heteroatoms. The molecule has 0 radical (unpaired) electrons. The summed E-state index contributed by atoms with van der Waals surface area (Å²) < 4.78 is 7.11. The summed E-state index contributed by atoms with van der Waals surface area (Å²) in [5, 5.41) is 10.5. The summed E-state index contributed by atoms with van der Waals surface area (Å²) >= 11 is 0. The summed E-state index contributed by atoms with van der Waals surface area (Å²) in [5.74, 6) is 0.521. The normalized spacial score (nSPS) is 16.0. The Kier molecular flexibility index (Phi) is 5.79. The maximum Gasteiger partial charge on any atom is 0.255 e. The minimum Gasteiger partial charge on any atom is -0.497 e. The van der Waals surface area contributed by atoms with Gasteiger partial charge < -0.3 is 15.4 Å². The van der Waals surface area contributed by atoms with Gasteiger partial charge in [0.15, 0.2) is 0 Å². The summed E-state index contributed by atoms with van der Waals surface area (Å²) in [4.78, 5) is 24.5. The number of carbonyl (C=O) groups excluding carboxylic acids is 2. The summed E-state index contributed by atoms with van der Waals surface area (Å²) in [6.45, 7) is 1.00. The molecule has 1 fully saturated rings. The van der Waals surface area contributed by atoms with Crippen molar-refractivity contribution in [2.24, 2.45) is 0 Å². The Labute approximate surface area is 175 Å². The molecule has 2 heterocycles. The molecule has 7 nitrogen and oxygen atoms in total. The van der Waals surface area contributed by atoms with Gasteiger partial charge in [-0.25, -0.2) is 0 Å². The number of benzene rings is 2. The van der Waals surface area contributed by atoms with Crippen molar-refractivity contribution in [1.29, 1.82) is 0 Å². The van der Waals surface area contributed by atoms with Gasteiger partial charge in [0.1, 0.15) is 11.4 Å². The number of ether oxygens (including phenoxy) is 1. The van der Waals surface area contributed by atoms with E-state index in [0.29, 0.717) is 42.9 Å². The van der Waals surface area contributed by atoms with Crippen LogP contribution in [-0.2, 0) is 11.3 Å². The third-order valence-electron chi connectivity index (χ3n) is 5.14. The fourth-order valence-electron chi connectivity index (χ4n) is 3.54. The van der Waals surface area contributed by atoms with Gasteiger partial charge in [-0.1, -0.05) is 42.5 Å². The van der Waals surface area contributed by atoms with E-state index in [0.717, 1.165) is 11.1 Å². The lowest BCUT2D eigenvalue weighted by Gasteiger charge is -2.23. The Bertz CT molecular complexity index is 1040. The van der Waals surface area contributed by atoms with E-state index < -0.39 is 0 Å².